The fraction of sp³-hybridized carbons (Fsp3) is 0.438. The first-order valence-corrected chi connectivity index (χ1v) is 8.97. The number of halogens is 3. The number of anilines is 3. The third-order valence-electron chi connectivity index (χ3n) is 4.04. The molecule has 1 saturated heterocycles. The first-order chi connectivity index (χ1) is 12.3. The first-order valence-electron chi connectivity index (χ1n) is 8.15. The third-order valence-corrected chi connectivity index (χ3v) is 4.94. The van der Waals surface area contributed by atoms with Gasteiger partial charge in [-0.3, -0.25) is 5.32 Å². The van der Waals surface area contributed by atoms with Gasteiger partial charge in [-0.25, -0.2) is 4.79 Å². The van der Waals surface area contributed by atoms with Crippen LogP contribution in [-0.2, 0) is 6.18 Å². The van der Waals surface area contributed by atoms with Gasteiger partial charge in [0, 0.05) is 13.1 Å². The summed E-state index contributed by atoms with van der Waals surface area (Å²) in [5, 5.41) is 13.6. The predicted octanol–water partition coefficient (Wildman–Crippen LogP) is 4.44. The topological polar surface area (TPSA) is 70.2 Å². The Morgan fingerprint density at radius 3 is 2.77 bits per heavy atom. The monoisotopic (exact) mass is 385 g/mol. The van der Waals surface area contributed by atoms with Crippen molar-refractivity contribution < 1.29 is 18.0 Å². The van der Waals surface area contributed by atoms with Crippen LogP contribution in [0.5, 0.6) is 0 Å². The number of rotatable bonds is 3. The molecule has 0 spiro atoms. The molecule has 1 aromatic carbocycles. The largest absolute Gasteiger partial charge is 0.418 e. The summed E-state index contributed by atoms with van der Waals surface area (Å²) in [7, 11) is 0. The van der Waals surface area contributed by atoms with Crippen molar-refractivity contribution in [2.75, 3.05) is 28.6 Å². The highest BCUT2D eigenvalue weighted by Gasteiger charge is 2.33. The molecule has 1 aliphatic heterocycles. The van der Waals surface area contributed by atoms with Crippen LogP contribution in [0.1, 0.15) is 25.3 Å². The number of hydrogen-bond donors (Lipinski definition) is 2. The second-order valence-electron chi connectivity index (χ2n) is 6.21. The minimum absolute atomic E-state index is 0.236. The van der Waals surface area contributed by atoms with Crippen LogP contribution in [0.15, 0.2) is 24.3 Å². The van der Waals surface area contributed by atoms with Crippen LogP contribution in [0, 0.1) is 5.92 Å². The number of benzene rings is 1. The van der Waals surface area contributed by atoms with Gasteiger partial charge < -0.3 is 10.2 Å². The Labute approximate surface area is 152 Å². The van der Waals surface area contributed by atoms with Crippen molar-refractivity contribution in [3.05, 3.63) is 29.8 Å². The molecule has 0 saturated carbocycles. The van der Waals surface area contributed by atoms with Crippen molar-refractivity contribution in [3.63, 3.8) is 0 Å². The van der Waals surface area contributed by atoms with E-state index in [1.54, 1.807) is 0 Å². The molecule has 6 nitrogen and oxygen atoms in total. The van der Waals surface area contributed by atoms with Crippen LogP contribution in [0.4, 0.5) is 33.9 Å². The van der Waals surface area contributed by atoms with Crippen LogP contribution in [0.2, 0.25) is 0 Å². The lowest BCUT2D eigenvalue weighted by Crippen LogP contribution is -2.34. The highest BCUT2D eigenvalue weighted by Crippen LogP contribution is 2.34. The Hall–Kier alpha value is -2.36. The first kappa shape index (κ1) is 18.4. The Balaban J connectivity index is 1.65. The summed E-state index contributed by atoms with van der Waals surface area (Å²) in [4.78, 5) is 14.1. The van der Waals surface area contributed by atoms with E-state index >= 15 is 0 Å². The number of urea groups is 1. The lowest BCUT2D eigenvalue weighted by molar-refractivity contribution is -0.136. The van der Waals surface area contributed by atoms with E-state index in [0.29, 0.717) is 11.0 Å². The van der Waals surface area contributed by atoms with E-state index in [-0.39, 0.29) is 10.8 Å². The molecule has 1 atom stereocenters. The van der Waals surface area contributed by atoms with Gasteiger partial charge in [0.15, 0.2) is 0 Å². The van der Waals surface area contributed by atoms with Crippen molar-refractivity contribution in [3.8, 4) is 0 Å². The van der Waals surface area contributed by atoms with E-state index in [0.717, 1.165) is 25.6 Å². The van der Waals surface area contributed by atoms with Crippen molar-refractivity contribution in [1.82, 2.24) is 10.2 Å². The van der Waals surface area contributed by atoms with Crippen molar-refractivity contribution >= 4 is 33.3 Å². The molecule has 1 aliphatic rings. The van der Waals surface area contributed by atoms with Gasteiger partial charge in [-0.05, 0) is 30.9 Å². The fourth-order valence-corrected chi connectivity index (χ4v) is 3.62. The standard InChI is InChI=1S/C16H18F3N5OS/c1-10-5-4-8-24(9-10)15-23-22-14(26-15)21-13(25)20-12-7-3-2-6-11(12)16(17,18)19/h2-3,6-7,10H,4-5,8-9H2,1H3,(H2,20,21,22,25). The number of amides is 2. The average molecular weight is 385 g/mol. The molecule has 2 N–H and O–H groups in total. The van der Waals surface area contributed by atoms with E-state index in [1.807, 2.05) is 0 Å². The minimum Gasteiger partial charge on any atom is -0.346 e. The maximum absolute atomic E-state index is 13.0. The van der Waals surface area contributed by atoms with E-state index in [9.17, 15) is 18.0 Å². The molecule has 1 unspecified atom stereocenters. The highest BCUT2D eigenvalue weighted by molar-refractivity contribution is 7.19. The van der Waals surface area contributed by atoms with E-state index in [1.165, 1.54) is 36.0 Å². The summed E-state index contributed by atoms with van der Waals surface area (Å²) in [6.45, 7) is 3.92. The SMILES string of the molecule is CC1CCCN(c2nnc(NC(=O)Nc3ccccc3C(F)(F)F)s2)C1. The van der Waals surface area contributed by atoms with Crippen LogP contribution >= 0.6 is 11.3 Å². The number of piperidine rings is 1. The van der Waals surface area contributed by atoms with Gasteiger partial charge in [0.1, 0.15) is 0 Å². The number of aromatic nitrogens is 2. The lowest BCUT2D eigenvalue weighted by atomic mass is 10.0. The average Bonchev–Trinajstić information content (AvgIpc) is 3.02. The molecule has 0 bridgehead atoms. The Morgan fingerprint density at radius 1 is 1.27 bits per heavy atom. The van der Waals surface area contributed by atoms with Gasteiger partial charge in [0.05, 0.1) is 11.3 Å². The molecule has 0 radical (unpaired) electrons. The number of para-hydroxylation sites is 1. The number of nitrogens with zero attached hydrogens (tertiary/aromatic N) is 3. The van der Waals surface area contributed by atoms with E-state index in [4.69, 9.17) is 0 Å². The molecule has 140 valence electrons. The summed E-state index contributed by atoms with van der Waals surface area (Å²) in [5.74, 6) is 0.561. The molecule has 1 fully saturated rings. The molecular formula is C16H18F3N5OS. The Bertz CT molecular complexity index is 779. The van der Waals surface area contributed by atoms with Gasteiger partial charge in [0.2, 0.25) is 10.3 Å². The fourth-order valence-electron chi connectivity index (χ4n) is 2.85. The number of carbonyl (C=O) groups excluding carboxylic acids is 1. The molecule has 2 amide bonds. The molecule has 26 heavy (non-hydrogen) atoms. The summed E-state index contributed by atoms with van der Waals surface area (Å²) in [5.41, 5.74) is -1.22. The van der Waals surface area contributed by atoms with Crippen LogP contribution in [0.25, 0.3) is 0 Å². The third kappa shape index (κ3) is 4.43. The zero-order chi connectivity index (χ0) is 18.7. The predicted molar refractivity (Wildman–Crippen MR) is 94.6 cm³/mol. The second kappa shape index (κ2) is 7.48. The van der Waals surface area contributed by atoms with E-state index < -0.39 is 17.8 Å². The zero-order valence-electron chi connectivity index (χ0n) is 14.0. The van der Waals surface area contributed by atoms with Crippen molar-refractivity contribution in [1.29, 1.82) is 0 Å². The highest BCUT2D eigenvalue weighted by atomic mass is 32.1. The number of carbonyl (C=O) groups is 1. The van der Waals surface area contributed by atoms with Crippen LogP contribution in [-0.4, -0.2) is 29.3 Å². The van der Waals surface area contributed by atoms with Crippen LogP contribution < -0.4 is 15.5 Å². The van der Waals surface area contributed by atoms with E-state index in [2.05, 4.69) is 32.7 Å². The van der Waals surface area contributed by atoms with Crippen molar-refractivity contribution in [2.24, 2.45) is 5.92 Å². The molecule has 0 aliphatic carbocycles. The normalized spacial score (nSPS) is 17.8. The minimum atomic E-state index is -4.55. The molecule has 10 heteroatoms. The zero-order valence-corrected chi connectivity index (χ0v) is 14.8. The molecule has 2 heterocycles. The Kier molecular flexibility index (Phi) is 5.30. The van der Waals surface area contributed by atoms with Gasteiger partial charge >= 0.3 is 12.2 Å². The van der Waals surface area contributed by atoms with Crippen LogP contribution in [0.3, 0.4) is 0 Å². The number of nitrogens with one attached hydrogen (secondary N) is 2. The second-order valence-corrected chi connectivity index (χ2v) is 7.16. The van der Waals surface area contributed by atoms with Gasteiger partial charge in [-0.2, -0.15) is 13.2 Å². The summed E-state index contributed by atoms with van der Waals surface area (Å²) in [6, 6.07) is 4.00. The summed E-state index contributed by atoms with van der Waals surface area (Å²) in [6.07, 6.45) is -2.32. The van der Waals surface area contributed by atoms with Crippen molar-refractivity contribution in [2.45, 2.75) is 25.9 Å². The number of hydrogen-bond acceptors (Lipinski definition) is 5. The molecule has 3 rings (SSSR count). The maximum Gasteiger partial charge on any atom is 0.418 e. The Morgan fingerprint density at radius 2 is 2.04 bits per heavy atom. The molecular weight excluding hydrogens is 367 g/mol. The smallest absolute Gasteiger partial charge is 0.346 e. The number of alkyl halides is 3. The molecule has 2 aromatic rings. The van der Waals surface area contributed by atoms with Gasteiger partial charge in [-0.15, -0.1) is 10.2 Å². The van der Waals surface area contributed by atoms with Gasteiger partial charge in [-0.1, -0.05) is 30.4 Å². The summed E-state index contributed by atoms with van der Waals surface area (Å²) >= 11 is 1.20. The molecule has 1 aromatic heterocycles. The quantitative estimate of drug-likeness (QED) is 0.820. The maximum atomic E-state index is 13.0. The van der Waals surface area contributed by atoms with Gasteiger partial charge in [0.25, 0.3) is 0 Å². The lowest BCUT2D eigenvalue weighted by Gasteiger charge is -2.29. The summed E-state index contributed by atoms with van der Waals surface area (Å²) < 4.78 is 38.9.